The fourth-order valence-corrected chi connectivity index (χ4v) is 5.39. The first-order chi connectivity index (χ1) is 12.1. The molecule has 0 saturated carbocycles. The van der Waals surface area contributed by atoms with Gasteiger partial charge in [0.2, 0.25) is 0 Å². The molecule has 25 heavy (non-hydrogen) atoms. The molecule has 0 radical (unpaired) electrons. The Kier molecular flexibility index (Phi) is 4.40. The average molecular weight is 450 g/mol. The predicted octanol–water partition coefficient (Wildman–Crippen LogP) is 3.63. The predicted molar refractivity (Wildman–Crippen MR) is 108 cm³/mol. The zero-order valence-electron chi connectivity index (χ0n) is 14.6. The molecular weight excluding hydrogens is 427 g/mol. The van der Waals surface area contributed by atoms with E-state index >= 15 is 0 Å². The number of methoxy groups -OCH3 is 1. The highest BCUT2D eigenvalue weighted by Gasteiger charge is 2.60. The van der Waals surface area contributed by atoms with Crippen molar-refractivity contribution in [1.29, 1.82) is 0 Å². The van der Waals surface area contributed by atoms with E-state index in [-0.39, 0.29) is 17.4 Å². The largest absolute Gasteiger partial charge is 0.466 e. The SMILES string of the molecule is C/C=C(\I)CN1CCC23c4ccccc4NC2C(C(=O)OC)=CCC13. The summed E-state index contributed by atoms with van der Waals surface area (Å²) < 4.78 is 6.45. The first kappa shape index (κ1) is 17.1. The molecule has 1 aromatic rings. The zero-order valence-corrected chi connectivity index (χ0v) is 16.7. The van der Waals surface area contributed by atoms with Gasteiger partial charge in [-0.1, -0.05) is 30.4 Å². The monoisotopic (exact) mass is 450 g/mol. The van der Waals surface area contributed by atoms with Gasteiger partial charge >= 0.3 is 5.97 Å². The average Bonchev–Trinajstić information content (AvgIpc) is 3.18. The minimum atomic E-state index is -0.204. The van der Waals surface area contributed by atoms with Gasteiger partial charge in [0.05, 0.1) is 18.7 Å². The van der Waals surface area contributed by atoms with E-state index in [9.17, 15) is 4.79 Å². The number of anilines is 1. The molecular formula is C20H23IN2O2. The first-order valence-electron chi connectivity index (χ1n) is 8.81. The summed E-state index contributed by atoms with van der Waals surface area (Å²) in [5.74, 6) is -0.204. The van der Waals surface area contributed by atoms with Gasteiger partial charge < -0.3 is 10.1 Å². The number of hydrogen-bond acceptors (Lipinski definition) is 4. The molecule has 0 aromatic heterocycles. The summed E-state index contributed by atoms with van der Waals surface area (Å²) in [5.41, 5.74) is 3.27. The van der Waals surface area contributed by atoms with Gasteiger partial charge in [-0.15, -0.1) is 0 Å². The lowest BCUT2D eigenvalue weighted by atomic mass is 9.65. The van der Waals surface area contributed by atoms with Gasteiger partial charge in [0.15, 0.2) is 0 Å². The van der Waals surface area contributed by atoms with Crippen molar-refractivity contribution < 1.29 is 9.53 Å². The number of esters is 1. The van der Waals surface area contributed by atoms with Crippen molar-refractivity contribution in [3.63, 3.8) is 0 Å². The van der Waals surface area contributed by atoms with Crippen LogP contribution in [0.5, 0.6) is 0 Å². The van der Waals surface area contributed by atoms with Crippen LogP contribution in [0.4, 0.5) is 5.69 Å². The molecule has 4 nitrogen and oxygen atoms in total. The summed E-state index contributed by atoms with van der Waals surface area (Å²) in [6.45, 7) is 4.14. The Balaban J connectivity index is 1.80. The van der Waals surface area contributed by atoms with Crippen LogP contribution in [-0.4, -0.2) is 43.2 Å². The standard InChI is InChI=1S/C20H23IN2O2/c1-3-13(21)12-23-11-10-20-15-6-4-5-7-16(15)22-18(20)14(19(24)25-2)8-9-17(20)23/h3-8,17-18,22H,9-12H2,1-2H3/b13-3-. The molecule has 3 unspecified atom stereocenters. The number of likely N-dealkylation sites (tertiary alicyclic amines) is 1. The summed E-state index contributed by atoms with van der Waals surface area (Å²) in [4.78, 5) is 15.0. The second-order valence-corrected chi connectivity index (χ2v) is 8.41. The molecule has 132 valence electrons. The fourth-order valence-electron chi connectivity index (χ4n) is 4.95. The number of para-hydroxylation sites is 1. The van der Waals surface area contributed by atoms with Gasteiger partial charge in [0, 0.05) is 27.3 Å². The van der Waals surface area contributed by atoms with E-state index in [0.29, 0.717) is 6.04 Å². The van der Waals surface area contributed by atoms with E-state index in [1.807, 2.05) is 0 Å². The molecule has 5 heteroatoms. The Morgan fingerprint density at radius 1 is 1.48 bits per heavy atom. The van der Waals surface area contributed by atoms with E-state index < -0.39 is 0 Å². The Bertz CT molecular complexity index is 773. The van der Waals surface area contributed by atoms with Crippen molar-refractivity contribution in [2.75, 3.05) is 25.5 Å². The molecule has 1 saturated heterocycles. The van der Waals surface area contributed by atoms with Crippen LogP contribution in [0.25, 0.3) is 0 Å². The summed E-state index contributed by atoms with van der Waals surface area (Å²) in [6.07, 6.45) is 6.24. The number of nitrogens with one attached hydrogen (secondary N) is 1. The lowest BCUT2D eigenvalue weighted by Crippen LogP contribution is -2.53. The number of hydrogen-bond donors (Lipinski definition) is 1. The van der Waals surface area contributed by atoms with Gasteiger partial charge in [-0.25, -0.2) is 4.79 Å². The topological polar surface area (TPSA) is 41.6 Å². The van der Waals surface area contributed by atoms with Gasteiger partial charge in [-0.2, -0.15) is 0 Å². The lowest BCUT2D eigenvalue weighted by Gasteiger charge is -2.43. The number of allylic oxidation sites excluding steroid dienone is 1. The number of fused-ring (bicyclic) bond motifs is 1. The van der Waals surface area contributed by atoms with E-state index in [4.69, 9.17) is 4.74 Å². The highest BCUT2D eigenvalue weighted by atomic mass is 127. The Hall–Kier alpha value is -1.34. The maximum atomic E-state index is 12.4. The van der Waals surface area contributed by atoms with Gasteiger partial charge in [-0.3, -0.25) is 4.90 Å². The van der Waals surface area contributed by atoms with Crippen LogP contribution in [-0.2, 0) is 14.9 Å². The van der Waals surface area contributed by atoms with Gasteiger partial charge in [-0.05, 0) is 60.5 Å². The third-order valence-electron chi connectivity index (χ3n) is 6.05. The van der Waals surface area contributed by atoms with Crippen LogP contribution in [0, 0.1) is 0 Å². The van der Waals surface area contributed by atoms with Gasteiger partial charge in [0.25, 0.3) is 0 Å². The van der Waals surface area contributed by atoms with Crippen LogP contribution in [0.3, 0.4) is 0 Å². The molecule has 0 bridgehead atoms. The molecule has 2 heterocycles. The number of rotatable bonds is 3. The molecule has 1 fully saturated rings. The van der Waals surface area contributed by atoms with Crippen LogP contribution < -0.4 is 5.32 Å². The van der Waals surface area contributed by atoms with Crippen molar-refractivity contribution in [3.8, 4) is 0 Å². The summed E-state index contributed by atoms with van der Waals surface area (Å²) in [6, 6.07) is 8.96. The summed E-state index contributed by atoms with van der Waals surface area (Å²) in [7, 11) is 1.47. The van der Waals surface area contributed by atoms with Crippen molar-refractivity contribution >= 4 is 34.2 Å². The highest BCUT2D eigenvalue weighted by Crippen LogP contribution is 2.55. The van der Waals surface area contributed by atoms with E-state index in [2.05, 4.69) is 76.1 Å². The first-order valence-corrected chi connectivity index (χ1v) is 9.89. The quantitative estimate of drug-likeness (QED) is 0.564. The second-order valence-electron chi connectivity index (χ2n) is 7.02. The van der Waals surface area contributed by atoms with Crippen molar-refractivity contribution in [2.45, 2.75) is 37.3 Å². The Labute approximate surface area is 162 Å². The second kappa shape index (κ2) is 6.43. The minimum absolute atomic E-state index is 0.00404. The van der Waals surface area contributed by atoms with Crippen molar-refractivity contribution in [3.05, 3.63) is 51.1 Å². The van der Waals surface area contributed by atoms with Crippen molar-refractivity contribution in [2.24, 2.45) is 0 Å². The smallest absolute Gasteiger partial charge is 0.335 e. The Morgan fingerprint density at radius 2 is 2.28 bits per heavy atom. The maximum absolute atomic E-state index is 12.4. The van der Waals surface area contributed by atoms with Crippen LogP contribution in [0.2, 0.25) is 0 Å². The van der Waals surface area contributed by atoms with E-state index in [0.717, 1.165) is 37.2 Å². The third-order valence-corrected chi connectivity index (χ3v) is 7.02. The normalized spacial score (nSPS) is 30.8. The maximum Gasteiger partial charge on any atom is 0.335 e. The summed E-state index contributed by atoms with van der Waals surface area (Å²) >= 11 is 2.43. The molecule has 0 amide bonds. The number of carbonyl (C=O) groups is 1. The van der Waals surface area contributed by atoms with Gasteiger partial charge in [0.1, 0.15) is 0 Å². The number of carbonyl (C=O) groups excluding carboxylic acids is 1. The van der Waals surface area contributed by atoms with E-state index in [1.165, 1.54) is 16.3 Å². The number of halogens is 1. The zero-order chi connectivity index (χ0) is 17.6. The molecule has 1 aromatic carbocycles. The van der Waals surface area contributed by atoms with Crippen LogP contribution >= 0.6 is 22.6 Å². The highest BCUT2D eigenvalue weighted by molar-refractivity contribution is 14.1. The molecule has 1 spiro atoms. The Morgan fingerprint density at radius 3 is 3.04 bits per heavy atom. The number of benzene rings is 1. The minimum Gasteiger partial charge on any atom is -0.466 e. The molecule has 1 aliphatic carbocycles. The molecule has 3 aliphatic rings. The van der Waals surface area contributed by atoms with Crippen LogP contribution in [0.1, 0.15) is 25.3 Å². The number of ether oxygens (including phenoxy) is 1. The molecule has 1 N–H and O–H groups in total. The molecule has 4 rings (SSSR count). The van der Waals surface area contributed by atoms with Crippen molar-refractivity contribution in [1.82, 2.24) is 4.90 Å². The molecule has 3 atom stereocenters. The number of nitrogens with zero attached hydrogens (tertiary/aromatic N) is 1. The lowest BCUT2D eigenvalue weighted by molar-refractivity contribution is -0.136. The van der Waals surface area contributed by atoms with Crippen LogP contribution in [0.15, 0.2) is 45.6 Å². The molecule has 2 aliphatic heterocycles. The van der Waals surface area contributed by atoms with E-state index in [1.54, 1.807) is 0 Å². The third kappa shape index (κ3) is 2.46. The fraction of sp³-hybridized carbons (Fsp3) is 0.450. The summed E-state index contributed by atoms with van der Waals surface area (Å²) in [5, 5.41) is 3.64.